The zero-order chi connectivity index (χ0) is 15.6. The van der Waals surface area contributed by atoms with Crippen molar-refractivity contribution in [1.82, 2.24) is 4.98 Å². The Hall–Kier alpha value is -2.28. The third kappa shape index (κ3) is 3.85. The van der Waals surface area contributed by atoms with E-state index < -0.39 is 17.6 Å². The first-order valence-corrected chi connectivity index (χ1v) is 6.04. The van der Waals surface area contributed by atoms with Crippen LogP contribution in [0.15, 0.2) is 36.5 Å². The topological polar surface area (TPSA) is 68.0 Å². The van der Waals surface area contributed by atoms with E-state index in [9.17, 15) is 18.0 Å². The largest absolute Gasteiger partial charge is 0.416 e. The Morgan fingerprint density at radius 3 is 2.57 bits per heavy atom. The Kier molecular flexibility index (Phi) is 4.04. The molecule has 8 heteroatoms. The first kappa shape index (κ1) is 15.1. The highest BCUT2D eigenvalue weighted by Crippen LogP contribution is 2.33. The number of benzene rings is 1. The van der Waals surface area contributed by atoms with Crippen molar-refractivity contribution in [2.24, 2.45) is 0 Å². The zero-order valence-corrected chi connectivity index (χ0v) is 11.2. The summed E-state index contributed by atoms with van der Waals surface area (Å²) >= 11 is 5.62. The number of nitrogens with two attached hydrogens (primary N) is 1. The van der Waals surface area contributed by atoms with E-state index in [0.29, 0.717) is 5.69 Å². The first-order chi connectivity index (χ1) is 9.75. The third-order valence-corrected chi connectivity index (χ3v) is 2.72. The van der Waals surface area contributed by atoms with Crippen LogP contribution >= 0.6 is 11.6 Å². The summed E-state index contributed by atoms with van der Waals surface area (Å²) in [4.78, 5) is 15.7. The van der Waals surface area contributed by atoms with Crippen molar-refractivity contribution in [3.05, 3.63) is 52.8 Å². The van der Waals surface area contributed by atoms with E-state index >= 15 is 0 Å². The van der Waals surface area contributed by atoms with Crippen molar-refractivity contribution >= 4 is 28.9 Å². The summed E-state index contributed by atoms with van der Waals surface area (Å²) in [5, 5.41) is 2.16. The first-order valence-electron chi connectivity index (χ1n) is 5.66. The Labute approximate surface area is 122 Å². The Morgan fingerprint density at radius 2 is 1.95 bits per heavy atom. The van der Waals surface area contributed by atoms with E-state index in [1.807, 2.05) is 0 Å². The number of anilines is 2. The number of alkyl halides is 3. The molecule has 0 aliphatic heterocycles. The maximum atomic E-state index is 12.7. The fourth-order valence-electron chi connectivity index (χ4n) is 1.59. The van der Waals surface area contributed by atoms with Gasteiger partial charge in [-0.15, -0.1) is 0 Å². The van der Waals surface area contributed by atoms with Crippen LogP contribution in [0.1, 0.15) is 16.1 Å². The molecule has 1 aromatic heterocycles. The molecule has 110 valence electrons. The van der Waals surface area contributed by atoms with Crippen molar-refractivity contribution < 1.29 is 18.0 Å². The van der Waals surface area contributed by atoms with Crippen LogP contribution in [-0.4, -0.2) is 10.9 Å². The second kappa shape index (κ2) is 5.61. The van der Waals surface area contributed by atoms with E-state index in [1.165, 1.54) is 24.4 Å². The lowest BCUT2D eigenvalue weighted by atomic mass is 10.2. The van der Waals surface area contributed by atoms with Crippen molar-refractivity contribution in [3.63, 3.8) is 0 Å². The third-order valence-electron chi connectivity index (χ3n) is 2.50. The highest BCUT2D eigenvalue weighted by Gasteiger charge is 2.31. The van der Waals surface area contributed by atoms with Crippen molar-refractivity contribution in [2.75, 3.05) is 11.1 Å². The van der Waals surface area contributed by atoms with Crippen molar-refractivity contribution in [2.45, 2.75) is 6.18 Å². The predicted molar refractivity (Wildman–Crippen MR) is 73.1 cm³/mol. The van der Waals surface area contributed by atoms with Gasteiger partial charge in [0.1, 0.15) is 5.69 Å². The van der Waals surface area contributed by atoms with Crippen LogP contribution in [0.2, 0.25) is 5.02 Å². The summed E-state index contributed by atoms with van der Waals surface area (Å²) in [5.74, 6) is -0.683. The maximum Gasteiger partial charge on any atom is 0.416 e. The standard InChI is InChI=1S/C13H9ClF3N3O/c14-8-3-7(13(15,16)17)4-10(5-8)20-12(21)11-6-9(18)1-2-19-11/h1-6H,(H2,18,19)(H,20,21). The maximum absolute atomic E-state index is 12.7. The van der Waals surface area contributed by atoms with Gasteiger partial charge in [-0.25, -0.2) is 0 Å². The highest BCUT2D eigenvalue weighted by atomic mass is 35.5. The molecule has 0 aliphatic carbocycles. The van der Waals surface area contributed by atoms with Gasteiger partial charge in [0.15, 0.2) is 0 Å². The lowest BCUT2D eigenvalue weighted by Crippen LogP contribution is -2.15. The van der Waals surface area contributed by atoms with E-state index in [1.54, 1.807) is 0 Å². The molecule has 0 fully saturated rings. The van der Waals surface area contributed by atoms with Gasteiger partial charge >= 0.3 is 6.18 Å². The lowest BCUT2D eigenvalue weighted by molar-refractivity contribution is -0.137. The number of aromatic nitrogens is 1. The number of nitrogens with one attached hydrogen (secondary N) is 1. The Bertz CT molecular complexity index is 689. The van der Waals surface area contributed by atoms with Crippen LogP contribution in [-0.2, 0) is 6.18 Å². The minimum absolute atomic E-state index is 0.0106. The van der Waals surface area contributed by atoms with Crippen molar-refractivity contribution in [1.29, 1.82) is 0 Å². The molecular formula is C13H9ClF3N3O. The molecule has 0 saturated heterocycles. The van der Waals surface area contributed by atoms with Gasteiger partial charge in [0.25, 0.3) is 5.91 Å². The SMILES string of the molecule is Nc1ccnc(C(=O)Nc2cc(Cl)cc(C(F)(F)F)c2)c1. The molecule has 0 radical (unpaired) electrons. The summed E-state index contributed by atoms with van der Waals surface area (Å²) in [5.41, 5.74) is 4.78. The predicted octanol–water partition coefficient (Wildman–Crippen LogP) is 3.59. The number of amides is 1. The molecular weight excluding hydrogens is 307 g/mol. The molecule has 0 aliphatic rings. The molecule has 3 N–H and O–H groups in total. The van der Waals surface area contributed by atoms with Gasteiger partial charge in [-0.3, -0.25) is 9.78 Å². The monoisotopic (exact) mass is 315 g/mol. The second-order valence-electron chi connectivity index (χ2n) is 4.15. The number of hydrogen-bond acceptors (Lipinski definition) is 3. The summed E-state index contributed by atoms with van der Waals surface area (Å²) in [7, 11) is 0. The molecule has 1 amide bonds. The lowest BCUT2D eigenvalue weighted by Gasteiger charge is -2.11. The second-order valence-corrected chi connectivity index (χ2v) is 4.59. The van der Waals surface area contributed by atoms with Crippen LogP contribution in [0.5, 0.6) is 0 Å². The molecule has 1 heterocycles. The molecule has 0 unspecified atom stereocenters. The average Bonchev–Trinajstić information content (AvgIpc) is 2.37. The number of nitrogens with zero attached hydrogens (tertiary/aromatic N) is 1. The number of carbonyl (C=O) groups is 1. The van der Waals surface area contributed by atoms with Gasteiger partial charge in [0, 0.05) is 22.6 Å². The van der Waals surface area contributed by atoms with E-state index in [2.05, 4.69) is 10.3 Å². The smallest absolute Gasteiger partial charge is 0.399 e. The van der Waals surface area contributed by atoms with E-state index in [-0.39, 0.29) is 16.4 Å². The van der Waals surface area contributed by atoms with E-state index in [0.717, 1.165) is 12.1 Å². The minimum atomic E-state index is -4.56. The molecule has 2 aromatic rings. The number of nitrogen functional groups attached to an aromatic ring is 1. The Morgan fingerprint density at radius 1 is 1.24 bits per heavy atom. The van der Waals surface area contributed by atoms with Crippen LogP contribution in [0, 0.1) is 0 Å². The number of halogens is 4. The highest BCUT2D eigenvalue weighted by molar-refractivity contribution is 6.31. The van der Waals surface area contributed by atoms with Gasteiger partial charge < -0.3 is 11.1 Å². The minimum Gasteiger partial charge on any atom is -0.399 e. The number of pyridine rings is 1. The average molecular weight is 316 g/mol. The molecule has 0 saturated carbocycles. The van der Waals surface area contributed by atoms with Crippen LogP contribution in [0.25, 0.3) is 0 Å². The van der Waals surface area contributed by atoms with Gasteiger partial charge in [0.05, 0.1) is 5.56 Å². The van der Waals surface area contributed by atoms with Crippen LogP contribution < -0.4 is 11.1 Å². The van der Waals surface area contributed by atoms with Gasteiger partial charge in [-0.2, -0.15) is 13.2 Å². The molecule has 4 nitrogen and oxygen atoms in total. The zero-order valence-electron chi connectivity index (χ0n) is 10.4. The fourth-order valence-corrected chi connectivity index (χ4v) is 1.83. The quantitative estimate of drug-likeness (QED) is 0.890. The normalized spacial score (nSPS) is 11.2. The van der Waals surface area contributed by atoms with Gasteiger partial charge in [0.2, 0.25) is 0 Å². The van der Waals surface area contributed by atoms with E-state index in [4.69, 9.17) is 17.3 Å². The molecule has 0 atom stereocenters. The summed E-state index contributed by atoms with van der Waals surface area (Å²) < 4.78 is 38.0. The molecule has 0 bridgehead atoms. The molecule has 0 spiro atoms. The van der Waals surface area contributed by atoms with Gasteiger partial charge in [-0.05, 0) is 30.3 Å². The molecule has 2 rings (SSSR count). The van der Waals surface area contributed by atoms with Crippen molar-refractivity contribution in [3.8, 4) is 0 Å². The Balaban J connectivity index is 2.27. The van der Waals surface area contributed by atoms with Crippen LogP contribution in [0.4, 0.5) is 24.5 Å². The summed E-state index contributed by atoms with van der Waals surface area (Å²) in [6.45, 7) is 0. The summed E-state index contributed by atoms with van der Waals surface area (Å²) in [6, 6.07) is 5.56. The van der Waals surface area contributed by atoms with Crippen LogP contribution in [0.3, 0.4) is 0 Å². The van der Waals surface area contributed by atoms with Gasteiger partial charge in [-0.1, -0.05) is 11.6 Å². The molecule has 21 heavy (non-hydrogen) atoms. The molecule has 1 aromatic carbocycles. The number of hydrogen-bond donors (Lipinski definition) is 2. The number of rotatable bonds is 2. The number of carbonyl (C=O) groups excluding carboxylic acids is 1. The summed E-state index contributed by atoms with van der Waals surface area (Å²) in [6.07, 6.45) is -3.23. The fraction of sp³-hybridized carbons (Fsp3) is 0.0769.